The monoisotopic (exact) mass is 384 g/mol. The molecule has 0 spiro atoms. The van der Waals surface area contributed by atoms with E-state index in [1.54, 1.807) is 18.5 Å². The van der Waals surface area contributed by atoms with Crippen LogP contribution in [-0.4, -0.2) is 25.6 Å². The number of carboxylic acid groups (broad SMARTS) is 1. The normalized spacial score (nSPS) is 13.5. The third-order valence-electron chi connectivity index (χ3n) is 5.30. The van der Waals surface area contributed by atoms with E-state index < -0.39 is 5.97 Å². The molecule has 29 heavy (non-hydrogen) atoms. The molecule has 1 fully saturated rings. The first-order valence-electron chi connectivity index (χ1n) is 9.65. The molecule has 1 saturated carbocycles. The van der Waals surface area contributed by atoms with Crippen LogP contribution in [0.1, 0.15) is 40.2 Å². The number of hydrogen-bond acceptors (Lipinski definition) is 4. The van der Waals surface area contributed by atoms with Crippen molar-refractivity contribution in [2.45, 2.75) is 25.3 Å². The summed E-state index contributed by atoms with van der Waals surface area (Å²) in [5.41, 5.74) is 4.28. The van der Waals surface area contributed by atoms with Crippen LogP contribution in [0.4, 0.5) is 11.5 Å². The highest BCUT2D eigenvalue weighted by Crippen LogP contribution is 2.40. The molecular weight excluding hydrogens is 364 g/mol. The number of hydrogen-bond donors (Lipinski definition) is 2. The van der Waals surface area contributed by atoms with E-state index in [0.717, 1.165) is 47.1 Å². The third kappa shape index (κ3) is 3.57. The van der Waals surface area contributed by atoms with Gasteiger partial charge in [-0.05, 0) is 66.3 Å². The van der Waals surface area contributed by atoms with Gasteiger partial charge in [0.05, 0.1) is 0 Å². The smallest absolute Gasteiger partial charge is 0.339 e. The van der Waals surface area contributed by atoms with Gasteiger partial charge in [-0.1, -0.05) is 6.07 Å². The predicted octanol–water partition coefficient (Wildman–Crippen LogP) is 4.80. The second-order valence-corrected chi connectivity index (χ2v) is 7.45. The Morgan fingerprint density at radius 1 is 1.17 bits per heavy atom. The van der Waals surface area contributed by atoms with Crippen LogP contribution < -0.4 is 5.32 Å². The molecule has 4 aromatic rings. The van der Waals surface area contributed by atoms with E-state index >= 15 is 0 Å². The molecule has 0 amide bonds. The zero-order chi connectivity index (χ0) is 19.8. The first-order chi connectivity index (χ1) is 14.2. The summed E-state index contributed by atoms with van der Waals surface area (Å²) in [6.45, 7) is 0.747. The minimum atomic E-state index is -0.966. The first-order valence-corrected chi connectivity index (χ1v) is 9.65. The molecule has 0 saturated heterocycles. The molecule has 1 aliphatic rings. The molecule has 1 aromatic carbocycles. The van der Waals surface area contributed by atoms with Crippen molar-refractivity contribution < 1.29 is 9.90 Å². The highest BCUT2D eigenvalue weighted by Gasteiger charge is 2.26. The van der Waals surface area contributed by atoms with Crippen LogP contribution in [0.15, 0.2) is 67.3 Å². The maximum absolute atomic E-state index is 11.7. The number of pyridine rings is 2. The topological polar surface area (TPSA) is 80.0 Å². The Kier molecular flexibility index (Phi) is 4.24. The van der Waals surface area contributed by atoms with Gasteiger partial charge in [0.1, 0.15) is 11.4 Å². The van der Waals surface area contributed by atoms with E-state index in [9.17, 15) is 9.90 Å². The summed E-state index contributed by atoms with van der Waals surface area (Å²) in [5.74, 6) is -0.132. The Bertz CT molecular complexity index is 1200. The van der Waals surface area contributed by atoms with Crippen molar-refractivity contribution in [3.8, 4) is 0 Å². The number of aromatic carboxylic acids is 1. The van der Waals surface area contributed by atoms with Crippen molar-refractivity contribution in [2.75, 3.05) is 5.32 Å². The van der Waals surface area contributed by atoms with Crippen molar-refractivity contribution in [1.29, 1.82) is 0 Å². The lowest BCUT2D eigenvalue weighted by molar-refractivity contribution is 0.0697. The van der Waals surface area contributed by atoms with Crippen LogP contribution in [0.25, 0.3) is 10.9 Å². The van der Waals surface area contributed by atoms with Crippen LogP contribution in [-0.2, 0) is 6.54 Å². The Balaban J connectivity index is 1.42. The summed E-state index contributed by atoms with van der Waals surface area (Å²) in [6.07, 6.45) is 9.69. The average molecular weight is 384 g/mol. The number of carbonyl (C=O) groups is 1. The van der Waals surface area contributed by atoms with E-state index in [1.807, 2.05) is 36.7 Å². The standard InChI is InChI=1S/C23H20N4O2/c28-23(29)20-11-18(16-3-4-16)13-25-22(20)26-19-5-6-21-17(10-19)7-9-27(21)14-15-2-1-8-24-12-15/h1-2,5-13,16H,3-4,14H2,(H,25,26)(H,28,29). The summed E-state index contributed by atoms with van der Waals surface area (Å²) in [6, 6.07) is 13.8. The fourth-order valence-electron chi connectivity index (χ4n) is 3.62. The van der Waals surface area contributed by atoms with E-state index in [2.05, 4.69) is 32.0 Å². The summed E-state index contributed by atoms with van der Waals surface area (Å²) >= 11 is 0. The number of aromatic nitrogens is 3. The van der Waals surface area contributed by atoms with Gasteiger partial charge in [0.15, 0.2) is 0 Å². The first kappa shape index (κ1) is 17.4. The van der Waals surface area contributed by atoms with Crippen LogP contribution in [0.3, 0.4) is 0 Å². The summed E-state index contributed by atoms with van der Waals surface area (Å²) in [7, 11) is 0. The minimum Gasteiger partial charge on any atom is -0.478 e. The van der Waals surface area contributed by atoms with Gasteiger partial charge < -0.3 is 15.0 Å². The van der Waals surface area contributed by atoms with Crippen molar-refractivity contribution in [2.24, 2.45) is 0 Å². The molecule has 6 heteroatoms. The lowest BCUT2D eigenvalue weighted by Crippen LogP contribution is -2.06. The second kappa shape index (κ2) is 7.05. The van der Waals surface area contributed by atoms with Crippen LogP contribution in [0.2, 0.25) is 0 Å². The Labute approximate surface area is 167 Å². The molecule has 0 bridgehead atoms. The van der Waals surface area contributed by atoms with E-state index in [4.69, 9.17) is 0 Å². The lowest BCUT2D eigenvalue weighted by Gasteiger charge is -2.11. The fourth-order valence-corrected chi connectivity index (χ4v) is 3.62. The highest BCUT2D eigenvalue weighted by atomic mass is 16.4. The zero-order valence-corrected chi connectivity index (χ0v) is 15.7. The van der Waals surface area contributed by atoms with Crippen molar-refractivity contribution >= 4 is 28.4 Å². The Hall–Kier alpha value is -3.67. The summed E-state index contributed by atoms with van der Waals surface area (Å²) in [5, 5.41) is 13.9. The van der Waals surface area contributed by atoms with Gasteiger partial charge in [0, 0.05) is 47.9 Å². The van der Waals surface area contributed by atoms with Crippen molar-refractivity contribution in [3.63, 3.8) is 0 Å². The second-order valence-electron chi connectivity index (χ2n) is 7.45. The fraction of sp³-hybridized carbons (Fsp3) is 0.174. The molecule has 6 nitrogen and oxygen atoms in total. The molecule has 3 heterocycles. The number of anilines is 2. The van der Waals surface area contributed by atoms with Gasteiger partial charge in [0.2, 0.25) is 0 Å². The van der Waals surface area contributed by atoms with Gasteiger partial charge in [-0.2, -0.15) is 0 Å². The molecule has 1 aliphatic carbocycles. The van der Waals surface area contributed by atoms with Crippen LogP contribution in [0.5, 0.6) is 0 Å². The maximum Gasteiger partial charge on any atom is 0.339 e. The minimum absolute atomic E-state index is 0.212. The summed E-state index contributed by atoms with van der Waals surface area (Å²) < 4.78 is 2.17. The molecule has 0 aliphatic heterocycles. The molecular formula is C23H20N4O2. The largest absolute Gasteiger partial charge is 0.478 e. The number of nitrogens with one attached hydrogen (secondary N) is 1. The van der Waals surface area contributed by atoms with Crippen LogP contribution >= 0.6 is 0 Å². The SMILES string of the molecule is O=C(O)c1cc(C2CC2)cnc1Nc1ccc2c(ccn2Cc2cccnc2)c1. The molecule has 3 aromatic heterocycles. The van der Waals surface area contributed by atoms with Gasteiger partial charge >= 0.3 is 5.97 Å². The summed E-state index contributed by atoms with van der Waals surface area (Å²) in [4.78, 5) is 20.3. The predicted molar refractivity (Wildman–Crippen MR) is 112 cm³/mol. The lowest BCUT2D eigenvalue weighted by atomic mass is 10.1. The molecule has 0 atom stereocenters. The number of nitrogens with zero attached hydrogens (tertiary/aromatic N) is 3. The maximum atomic E-state index is 11.7. The van der Waals surface area contributed by atoms with Gasteiger partial charge in [-0.3, -0.25) is 4.98 Å². The van der Waals surface area contributed by atoms with Gasteiger partial charge in [-0.15, -0.1) is 0 Å². The quantitative estimate of drug-likeness (QED) is 0.499. The number of rotatable bonds is 6. The van der Waals surface area contributed by atoms with E-state index in [1.165, 1.54) is 0 Å². The van der Waals surface area contributed by atoms with Crippen molar-refractivity contribution in [1.82, 2.24) is 14.5 Å². The molecule has 0 radical (unpaired) electrons. The Morgan fingerprint density at radius 3 is 2.83 bits per heavy atom. The number of fused-ring (bicyclic) bond motifs is 1. The van der Waals surface area contributed by atoms with E-state index in [-0.39, 0.29) is 5.56 Å². The third-order valence-corrected chi connectivity index (χ3v) is 5.30. The Morgan fingerprint density at radius 2 is 2.07 bits per heavy atom. The highest BCUT2D eigenvalue weighted by molar-refractivity contribution is 5.94. The molecule has 0 unspecified atom stereocenters. The zero-order valence-electron chi connectivity index (χ0n) is 15.7. The van der Waals surface area contributed by atoms with Crippen LogP contribution in [0, 0.1) is 0 Å². The molecule has 144 valence electrons. The molecule has 2 N–H and O–H groups in total. The van der Waals surface area contributed by atoms with Gasteiger partial charge in [0.25, 0.3) is 0 Å². The number of carboxylic acids is 1. The molecule has 5 rings (SSSR count). The van der Waals surface area contributed by atoms with E-state index in [0.29, 0.717) is 11.7 Å². The van der Waals surface area contributed by atoms with Gasteiger partial charge in [-0.25, -0.2) is 9.78 Å². The number of benzene rings is 1. The van der Waals surface area contributed by atoms with Crippen molar-refractivity contribution in [3.05, 3.63) is 83.9 Å². The average Bonchev–Trinajstić information content (AvgIpc) is 3.51.